The average molecular weight is 337 g/mol. The normalized spacial score (nSPS) is 34.1. The summed E-state index contributed by atoms with van der Waals surface area (Å²) in [6, 6.07) is 6.02. The lowest BCUT2D eigenvalue weighted by molar-refractivity contribution is 0.874. The maximum Gasteiger partial charge on any atom is 0.0995 e. The fourth-order valence-corrected chi connectivity index (χ4v) is 4.95. The van der Waals surface area contributed by atoms with Gasteiger partial charge in [-0.1, -0.05) is 56.6 Å². The minimum atomic E-state index is 0.0647. The van der Waals surface area contributed by atoms with Crippen LogP contribution in [0.5, 0.6) is 0 Å². The molecule has 0 amide bonds. The summed E-state index contributed by atoms with van der Waals surface area (Å²) >= 11 is 9.22. The first-order chi connectivity index (χ1) is 6.48. The molecular formula is C10H11Br2NS. The van der Waals surface area contributed by atoms with Gasteiger partial charge in [0.1, 0.15) is 0 Å². The lowest BCUT2D eigenvalue weighted by Gasteiger charge is -2.10. The highest BCUT2D eigenvalue weighted by molar-refractivity contribution is 9.25. The predicted octanol–water partition coefficient (Wildman–Crippen LogP) is 4.07. The highest BCUT2D eigenvalue weighted by Gasteiger charge is 2.70. The molecule has 76 valence electrons. The molecular weight excluding hydrogens is 326 g/mol. The Morgan fingerprint density at radius 3 is 2.50 bits per heavy atom. The molecule has 0 bridgehead atoms. The molecule has 1 nitrogen and oxygen atoms in total. The molecule has 1 aromatic heterocycles. The quantitative estimate of drug-likeness (QED) is 0.755. The van der Waals surface area contributed by atoms with E-state index in [0.717, 1.165) is 5.03 Å². The van der Waals surface area contributed by atoms with Gasteiger partial charge in [-0.2, -0.15) is 0 Å². The van der Waals surface area contributed by atoms with Gasteiger partial charge >= 0.3 is 0 Å². The second kappa shape index (κ2) is 3.49. The van der Waals surface area contributed by atoms with Gasteiger partial charge in [-0.3, -0.25) is 0 Å². The second-order valence-corrected chi connectivity index (χ2v) is 8.76. The summed E-state index contributed by atoms with van der Waals surface area (Å²) in [6.07, 6.45) is 1.84. The number of pyridine rings is 1. The number of nitrogens with zero attached hydrogens (tertiary/aromatic N) is 1. The van der Waals surface area contributed by atoms with Gasteiger partial charge in [-0.15, -0.1) is 0 Å². The van der Waals surface area contributed by atoms with Crippen LogP contribution in [0, 0.1) is 5.92 Å². The molecule has 0 aromatic carbocycles. The van der Waals surface area contributed by atoms with E-state index in [-0.39, 0.29) is 7.98 Å². The molecule has 0 saturated heterocycles. The Bertz CT molecular complexity index is 341. The molecule has 2 atom stereocenters. The van der Waals surface area contributed by atoms with E-state index in [2.05, 4.69) is 56.8 Å². The zero-order valence-corrected chi connectivity index (χ0v) is 12.0. The molecule has 0 radical (unpaired) electrons. The van der Waals surface area contributed by atoms with Crippen LogP contribution in [0.2, 0.25) is 0 Å². The zero-order valence-electron chi connectivity index (χ0n) is 8.00. The minimum Gasteiger partial charge on any atom is -0.250 e. The third-order valence-electron chi connectivity index (χ3n) is 2.90. The van der Waals surface area contributed by atoms with Crippen molar-refractivity contribution >= 4 is 43.6 Å². The van der Waals surface area contributed by atoms with Crippen molar-refractivity contribution in [1.29, 1.82) is 0 Å². The monoisotopic (exact) mass is 335 g/mol. The van der Waals surface area contributed by atoms with Crippen LogP contribution in [0.4, 0.5) is 0 Å². The predicted molar refractivity (Wildman–Crippen MR) is 68.2 cm³/mol. The standard InChI is InChI=1S/C10H11Br2NS/c1-7-9(2,10(7,11)12)14-8-5-3-4-6-13-8/h3-7H,1-2H3/t7-,9+/m0/s1. The molecule has 14 heavy (non-hydrogen) atoms. The van der Waals surface area contributed by atoms with Crippen LogP contribution in [-0.2, 0) is 0 Å². The molecule has 0 spiro atoms. The van der Waals surface area contributed by atoms with Crippen molar-refractivity contribution < 1.29 is 0 Å². The van der Waals surface area contributed by atoms with Gasteiger partial charge in [0, 0.05) is 10.9 Å². The van der Waals surface area contributed by atoms with E-state index >= 15 is 0 Å². The third-order valence-corrected chi connectivity index (χ3v) is 8.00. The van der Waals surface area contributed by atoms with Crippen LogP contribution in [0.25, 0.3) is 0 Å². The highest BCUT2D eigenvalue weighted by Crippen LogP contribution is 2.71. The summed E-state index contributed by atoms with van der Waals surface area (Å²) in [5, 5.41) is 1.09. The van der Waals surface area contributed by atoms with Crippen LogP contribution in [0.1, 0.15) is 13.8 Å². The number of aromatic nitrogens is 1. The first-order valence-corrected chi connectivity index (χ1v) is 6.86. The smallest absolute Gasteiger partial charge is 0.0995 e. The van der Waals surface area contributed by atoms with Crippen LogP contribution in [0.3, 0.4) is 0 Å². The molecule has 1 aromatic rings. The summed E-state index contributed by atoms with van der Waals surface area (Å²) in [5.41, 5.74) is 0. The number of halogens is 2. The third kappa shape index (κ3) is 1.55. The number of thioether (sulfide) groups is 1. The molecule has 4 heteroatoms. The van der Waals surface area contributed by atoms with Gasteiger partial charge in [0.15, 0.2) is 0 Å². The van der Waals surface area contributed by atoms with E-state index in [1.807, 2.05) is 30.1 Å². The second-order valence-electron chi connectivity index (χ2n) is 3.72. The van der Waals surface area contributed by atoms with E-state index in [4.69, 9.17) is 0 Å². The van der Waals surface area contributed by atoms with Gasteiger partial charge in [-0.25, -0.2) is 4.98 Å². The fourth-order valence-electron chi connectivity index (χ4n) is 1.49. The molecule has 0 unspecified atom stereocenters. The van der Waals surface area contributed by atoms with Gasteiger partial charge in [0.05, 0.1) is 8.26 Å². The number of hydrogen-bond donors (Lipinski definition) is 0. The van der Waals surface area contributed by atoms with Gasteiger partial charge in [0.2, 0.25) is 0 Å². The number of hydrogen-bond acceptors (Lipinski definition) is 2. The topological polar surface area (TPSA) is 12.9 Å². The van der Waals surface area contributed by atoms with Crippen LogP contribution in [-0.4, -0.2) is 13.0 Å². The Kier molecular flexibility index (Phi) is 2.73. The van der Waals surface area contributed by atoms with Crippen LogP contribution < -0.4 is 0 Å². The van der Waals surface area contributed by atoms with E-state index in [1.165, 1.54) is 0 Å². The van der Waals surface area contributed by atoms with E-state index in [9.17, 15) is 0 Å². The minimum absolute atomic E-state index is 0.0647. The molecule has 0 aliphatic heterocycles. The largest absolute Gasteiger partial charge is 0.250 e. The van der Waals surface area contributed by atoms with Crippen molar-refractivity contribution in [3.63, 3.8) is 0 Å². The number of rotatable bonds is 2. The summed E-state index contributed by atoms with van der Waals surface area (Å²) < 4.78 is 0.260. The van der Waals surface area contributed by atoms with Crippen molar-refractivity contribution in [2.75, 3.05) is 0 Å². The first-order valence-electron chi connectivity index (χ1n) is 4.46. The fraction of sp³-hybridized carbons (Fsp3) is 0.500. The van der Waals surface area contributed by atoms with Crippen molar-refractivity contribution in [3.8, 4) is 0 Å². The molecule has 1 saturated carbocycles. The lowest BCUT2D eigenvalue weighted by Crippen LogP contribution is -2.05. The van der Waals surface area contributed by atoms with E-state index < -0.39 is 0 Å². The summed E-state index contributed by atoms with van der Waals surface area (Å²) in [4.78, 5) is 4.33. The van der Waals surface area contributed by atoms with Crippen molar-refractivity contribution in [1.82, 2.24) is 4.98 Å². The van der Waals surface area contributed by atoms with Gasteiger partial charge in [0.25, 0.3) is 0 Å². The lowest BCUT2D eigenvalue weighted by atomic mass is 10.4. The SMILES string of the molecule is C[C@@H]1C(Br)(Br)[C@]1(C)Sc1ccccn1. The van der Waals surface area contributed by atoms with Gasteiger partial charge in [-0.05, 0) is 25.0 Å². The Morgan fingerprint density at radius 1 is 1.43 bits per heavy atom. The average Bonchev–Trinajstić information content (AvgIpc) is 2.52. The van der Waals surface area contributed by atoms with Crippen LogP contribution in [0.15, 0.2) is 29.4 Å². The van der Waals surface area contributed by atoms with Gasteiger partial charge < -0.3 is 0 Å². The summed E-state index contributed by atoms with van der Waals surface area (Å²) in [6.45, 7) is 4.49. The maximum atomic E-state index is 4.33. The Morgan fingerprint density at radius 2 is 2.07 bits per heavy atom. The molecule has 1 aliphatic rings. The van der Waals surface area contributed by atoms with Crippen molar-refractivity contribution in [3.05, 3.63) is 24.4 Å². The van der Waals surface area contributed by atoms with E-state index in [1.54, 1.807) is 0 Å². The Labute approximate surface area is 105 Å². The highest BCUT2D eigenvalue weighted by atomic mass is 79.9. The molecule has 2 rings (SSSR count). The zero-order chi connectivity index (χ0) is 10.4. The Balaban J connectivity index is 2.15. The maximum absolute atomic E-state index is 4.33. The molecule has 1 aliphatic carbocycles. The Hall–Kier alpha value is 0.460. The summed E-state index contributed by atoms with van der Waals surface area (Å²) in [5.74, 6) is 0.599. The van der Waals surface area contributed by atoms with Crippen molar-refractivity contribution in [2.45, 2.75) is 26.9 Å². The van der Waals surface area contributed by atoms with Crippen LogP contribution >= 0.6 is 43.6 Å². The first kappa shape index (κ1) is 11.0. The summed E-state index contributed by atoms with van der Waals surface area (Å²) in [7, 11) is 0. The number of alkyl halides is 2. The molecule has 1 fully saturated rings. The van der Waals surface area contributed by atoms with Crippen molar-refractivity contribution in [2.24, 2.45) is 5.92 Å². The molecule has 1 heterocycles. The van der Waals surface area contributed by atoms with E-state index in [0.29, 0.717) is 5.92 Å². The molecule has 0 N–H and O–H groups in total.